The number of carbonyl (C=O) groups excluding carboxylic acids is 1. The summed E-state index contributed by atoms with van der Waals surface area (Å²) < 4.78 is 34.4. The van der Waals surface area contributed by atoms with Crippen molar-refractivity contribution in [1.82, 2.24) is 4.98 Å². The van der Waals surface area contributed by atoms with Crippen molar-refractivity contribution in [2.75, 3.05) is 11.1 Å². The van der Waals surface area contributed by atoms with Crippen molar-refractivity contribution in [2.24, 2.45) is 0 Å². The number of amides is 1. The molecule has 1 atom stereocenters. The van der Waals surface area contributed by atoms with Gasteiger partial charge in [0.1, 0.15) is 20.6 Å². The number of benzene rings is 3. The van der Waals surface area contributed by atoms with Crippen LogP contribution in [0.4, 0.5) is 15.8 Å². The normalized spacial score (nSPS) is 12.7. The van der Waals surface area contributed by atoms with E-state index in [1.54, 1.807) is 30.3 Å². The van der Waals surface area contributed by atoms with E-state index in [9.17, 15) is 13.4 Å². The molecular formula is C24H18ClFN4O2S. The summed E-state index contributed by atoms with van der Waals surface area (Å²) in [5, 5.41) is 3.22. The zero-order valence-corrected chi connectivity index (χ0v) is 18.7. The summed E-state index contributed by atoms with van der Waals surface area (Å²) >= 11 is 5.81. The van der Waals surface area contributed by atoms with E-state index in [1.807, 2.05) is 0 Å². The van der Waals surface area contributed by atoms with Crippen LogP contribution in [0, 0.1) is 10.6 Å². The largest absolute Gasteiger partial charge is 0.397 e. The van der Waals surface area contributed by atoms with Gasteiger partial charge < -0.3 is 11.1 Å². The van der Waals surface area contributed by atoms with Gasteiger partial charge in [0.05, 0.1) is 21.3 Å². The van der Waals surface area contributed by atoms with Crippen molar-refractivity contribution in [2.45, 2.75) is 9.92 Å². The average Bonchev–Trinajstić information content (AvgIpc) is 2.81. The molecule has 0 radical (unpaired) electrons. The highest BCUT2D eigenvalue weighted by Crippen LogP contribution is 2.28. The molecule has 3 aromatic carbocycles. The third-order valence-electron chi connectivity index (χ3n) is 4.92. The Morgan fingerprint density at radius 1 is 0.970 bits per heavy atom. The van der Waals surface area contributed by atoms with Crippen LogP contribution in [-0.2, 0) is 9.73 Å². The van der Waals surface area contributed by atoms with Gasteiger partial charge in [-0.15, -0.1) is 0 Å². The SMILES string of the molecule is N=S(=O)(c1ccc(C(=O)Nc2cc(-c3ccc(F)cc3)ccc2N)cc1)c1ccc(Cl)cn1. The molecule has 0 aliphatic heterocycles. The molecule has 0 saturated heterocycles. The molecule has 6 nitrogen and oxygen atoms in total. The van der Waals surface area contributed by atoms with Crippen molar-refractivity contribution < 1.29 is 13.4 Å². The summed E-state index contributed by atoms with van der Waals surface area (Å²) in [4.78, 5) is 17.0. The number of pyridine rings is 1. The molecule has 4 rings (SSSR count). The van der Waals surface area contributed by atoms with Crippen molar-refractivity contribution in [3.63, 3.8) is 0 Å². The number of nitrogens with two attached hydrogens (primary N) is 1. The fourth-order valence-electron chi connectivity index (χ4n) is 3.13. The van der Waals surface area contributed by atoms with E-state index in [0.29, 0.717) is 22.0 Å². The molecule has 4 aromatic rings. The van der Waals surface area contributed by atoms with Gasteiger partial charge in [-0.1, -0.05) is 29.8 Å². The highest BCUT2D eigenvalue weighted by Gasteiger charge is 2.16. The lowest BCUT2D eigenvalue weighted by Gasteiger charge is -2.12. The summed E-state index contributed by atoms with van der Waals surface area (Å²) in [5.41, 5.74) is 8.63. The molecule has 0 spiro atoms. The van der Waals surface area contributed by atoms with Crippen molar-refractivity contribution in [3.05, 3.63) is 101 Å². The van der Waals surface area contributed by atoms with Gasteiger partial charge in [-0.3, -0.25) is 4.79 Å². The predicted octanol–water partition coefficient (Wildman–Crippen LogP) is 5.84. The maximum Gasteiger partial charge on any atom is 0.255 e. The van der Waals surface area contributed by atoms with Crippen LogP contribution in [-0.4, -0.2) is 15.1 Å². The second kappa shape index (κ2) is 9.01. The van der Waals surface area contributed by atoms with Crippen molar-refractivity contribution in [1.29, 1.82) is 4.78 Å². The minimum absolute atomic E-state index is 0.0782. The van der Waals surface area contributed by atoms with E-state index in [-0.39, 0.29) is 15.7 Å². The number of aromatic nitrogens is 1. The van der Waals surface area contributed by atoms with Crippen LogP contribution in [0.15, 0.2) is 95.0 Å². The molecule has 0 saturated carbocycles. The van der Waals surface area contributed by atoms with Gasteiger partial charge in [-0.2, -0.15) is 0 Å². The topological polar surface area (TPSA) is 109 Å². The summed E-state index contributed by atoms with van der Waals surface area (Å²) in [6.45, 7) is 0. The number of halogens is 2. The molecule has 0 aliphatic rings. The Labute approximate surface area is 195 Å². The lowest BCUT2D eigenvalue weighted by molar-refractivity contribution is 0.102. The Morgan fingerprint density at radius 3 is 2.27 bits per heavy atom. The van der Waals surface area contributed by atoms with Gasteiger partial charge in [0.25, 0.3) is 5.91 Å². The first-order valence-corrected chi connectivity index (χ1v) is 11.6. The van der Waals surface area contributed by atoms with Crippen LogP contribution in [0.3, 0.4) is 0 Å². The van der Waals surface area contributed by atoms with Gasteiger partial charge >= 0.3 is 0 Å². The average molecular weight is 481 g/mol. The first-order chi connectivity index (χ1) is 15.7. The third-order valence-corrected chi connectivity index (χ3v) is 6.91. The second-order valence-corrected chi connectivity index (χ2v) is 9.60. The molecule has 9 heteroatoms. The molecule has 1 unspecified atom stereocenters. The van der Waals surface area contributed by atoms with Gasteiger partial charge in [0.2, 0.25) is 0 Å². The highest BCUT2D eigenvalue weighted by atomic mass is 35.5. The van der Waals surface area contributed by atoms with E-state index < -0.39 is 15.6 Å². The van der Waals surface area contributed by atoms with E-state index in [0.717, 1.165) is 11.1 Å². The van der Waals surface area contributed by atoms with Crippen LogP contribution in [0.1, 0.15) is 10.4 Å². The number of carbonyl (C=O) groups is 1. The quantitative estimate of drug-likeness (QED) is 0.312. The predicted molar refractivity (Wildman–Crippen MR) is 127 cm³/mol. The summed E-state index contributed by atoms with van der Waals surface area (Å²) in [6, 6.07) is 20.0. The maximum atomic E-state index is 13.2. The summed E-state index contributed by atoms with van der Waals surface area (Å²) in [7, 11) is -3.35. The third kappa shape index (κ3) is 4.87. The monoisotopic (exact) mass is 480 g/mol. The van der Waals surface area contributed by atoms with Crippen LogP contribution in [0.5, 0.6) is 0 Å². The van der Waals surface area contributed by atoms with Crippen molar-refractivity contribution in [3.8, 4) is 11.1 Å². The molecular weight excluding hydrogens is 463 g/mol. The number of hydrogen-bond acceptors (Lipinski definition) is 5. The molecule has 0 aliphatic carbocycles. The molecule has 1 aromatic heterocycles. The first kappa shape index (κ1) is 22.4. The van der Waals surface area contributed by atoms with Crippen molar-refractivity contribution >= 4 is 38.6 Å². The molecule has 1 heterocycles. The van der Waals surface area contributed by atoms with Gasteiger partial charge in [-0.05, 0) is 71.8 Å². The lowest BCUT2D eigenvalue weighted by Crippen LogP contribution is -2.13. The Bertz CT molecular complexity index is 1420. The van der Waals surface area contributed by atoms with Gasteiger partial charge in [0, 0.05) is 11.8 Å². The Balaban J connectivity index is 1.55. The Hall–Kier alpha value is -3.75. The highest BCUT2D eigenvalue weighted by molar-refractivity contribution is 7.92. The lowest BCUT2D eigenvalue weighted by atomic mass is 10.0. The standard InChI is InChI=1S/C24H18ClFN4O2S/c25-18-6-12-23(29-14-18)33(28,32)20-9-3-16(4-10-20)24(31)30-22-13-17(5-11-21(22)27)15-1-7-19(26)8-2-15/h1-14,28H,27H2,(H,30,31). The minimum atomic E-state index is -3.35. The van der Waals surface area contributed by atoms with E-state index in [2.05, 4.69) is 10.3 Å². The number of nitrogen functional groups attached to an aromatic ring is 1. The summed E-state index contributed by atoms with van der Waals surface area (Å²) in [5.74, 6) is -0.764. The molecule has 166 valence electrons. The van der Waals surface area contributed by atoms with Gasteiger partial charge in [0.15, 0.2) is 0 Å². The Morgan fingerprint density at radius 2 is 1.64 bits per heavy atom. The molecule has 1 amide bonds. The van der Waals surface area contributed by atoms with Crippen LogP contribution >= 0.6 is 11.6 Å². The smallest absolute Gasteiger partial charge is 0.255 e. The zero-order valence-electron chi connectivity index (χ0n) is 17.1. The van der Waals surface area contributed by atoms with Crippen LogP contribution in [0.2, 0.25) is 5.02 Å². The molecule has 4 N–H and O–H groups in total. The first-order valence-electron chi connectivity index (χ1n) is 9.71. The van der Waals surface area contributed by atoms with Crippen LogP contribution in [0.25, 0.3) is 11.1 Å². The number of rotatable bonds is 5. The van der Waals surface area contributed by atoms with E-state index in [4.69, 9.17) is 22.1 Å². The maximum absolute atomic E-state index is 13.2. The fourth-order valence-corrected chi connectivity index (χ4v) is 4.47. The van der Waals surface area contributed by atoms with Gasteiger partial charge in [-0.25, -0.2) is 18.4 Å². The second-order valence-electron chi connectivity index (χ2n) is 7.16. The zero-order chi connectivity index (χ0) is 23.6. The summed E-state index contributed by atoms with van der Waals surface area (Å²) in [6.07, 6.45) is 1.33. The number of nitrogens with one attached hydrogen (secondary N) is 2. The number of anilines is 2. The van der Waals surface area contributed by atoms with E-state index >= 15 is 0 Å². The Kier molecular flexibility index (Phi) is 6.13. The molecule has 0 fully saturated rings. The van der Waals surface area contributed by atoms with E-state index in [1.165, 1.54) is 54.7 Å². The number of hydrogen-bond donors (Lipinski definition) is 3. The minimum Gasteiger partial charge on any atom is -0.397 e. The number of nitrogens with zero attached hydrogens (tertiary/aromatic N) is 1. The molecule has 33 heavy (non-hydrogen) atoms. The van der Waals surface area contributed by atoms with Crippen LogP contribution < -0.4 is 11.1 Å². The fraction of sp³-hybridized carbons (Fsp3) is 0. The molecule has 0 bridgehead atoms.